The zero-order valence-electron chi connectivity index (χ0n) is 21.4. The van der Waals surface area contributed by atoms with Crippen molar-refractivity contribution in [1.29, 1.82) is 0 Å². The molecule has 4 rings (SSSR count). The zero-order valence-corrected chi connectivity index (χ0v) is 22.9. The fourth-order valence-electron chi connectivity index (χ4n) is 4.47. The van der Waals surface area contributed by atoms with Crippen molar-refractivity contribution in [3.63, 3.8) is 0 Å². The van der Waals surface area contributed by atoms with Gasteiger partial charge >= 0.3 is 0 Å². The number of H-pyrrole nitrogens is 1. The number of aromatic amines is 1. The van der Waals surface area contributed by atoms with E-state index in [1.807, 2.05) is 50.4 Å². The summed E-state index contributed by atoms with van der Waals surface area (Å²) in [5.41, 5.74) is 3.18. The highest BCUT2D eigenvalue weighted by Crippen LogP contribution is 2.24. The van der Waals surface area contributed by atoms with Crippen molar-refractivity contribution in [2.24, 2.45) is 5.92 Å². The molecule has 0 atom stereocenters. The molecule has 0 aliphatic rings. The van der Waals surface area contributed by atoms with Crippen LogP contribution in [0.2, 0.25) is 10.0 Å². The van der Waals surface area contributed by atoms with Gasteiger partial charge in [-0.3, -0.25) is 9.59 Å². The van der Waals surface area contributed by atoms with Gasteiger partial charge in [-0.15, -0.1) is 0 Å². The van der Waals surface area contributed by atoms with Gasteiger partial charge in [0.1, 0.15) is 12.4 Å². The van der Waals surface area contributed by atoms with Crippen molar-refractivity contribution in [2.75, 3.05) is 19.6 Å². The van der Waals surface area contributed by atoms with Crippen LogP contribution in [-0.4, -0.2) is 46.2 Å². The Morgan fingerprint density at radius 1 is 0.947 bits per heavy atom. The predicted molar refractivity (Wildman–Crippen MR) is 151 cm³/mol. The highest BCUT2D eigenvalue weighted by molar-refractivity contribution is 6.42. The number of halogens is 3. The minimum absolute atomic E-state index is 0.120. The zero-order chi connectivity index (χ0) is 27.2. The van der Waals surface area contributed by atoms with E-state index in [-0.39, 0.29) is 29.8 Å². The van der Waals surface area contributed by atoms with E-state index in [0.29, 0.717) is 36.1 Å². The second kappa shape index (κ2) is 12.5. The predicted octanol–water partition coefficient (Wildman–Crippen LogP) is 6.98. The highest BCUT2D eigenvalue weighted by atomic mass is 35.5. The first kappa shape index (κ1) is 27.7. The SMILES string of the molecule is CC(C)CN(CC(=O)N(CCc1c[nH]c2ccccc12)Cc1ccc(Cl)c(Cl)c1)C(=O)c1cccc(F)c1. The van der Waals surface area contributed by atoms with E-state index < -0.39 is 5.82 Å². The molecule has 4 aromatic rings. The number of hydrogen-bond donors (Lipinski definition) is 1. The molecule has 0 aliphatic carbocycles. The molecule has 0 aliphatic heterocycles. The van der Waals surface area contributed by atoms with Gasteiger partial charge < -0.3 is 14.8 Å². The van der Waals surface area contributed by atoms with E-state index in [1.165, 1.54) is 23.1 Å². The molecular formula is C30H30Cl2FN3O2. The molecule has 0 unspecified atom stereocenters. The molecule has 38 heavy (non-hydrogen) atoms. The first-order valence-electron chi connectivity index (χ1n) is 12.5. The minimum Gasteiger partial charge on any atom is -0.361 e. The van der Waals surface area contributed by atoms with Crippen LogP contribution in [0.5, 0.6) is 0 Å². The molecule has 1 N–H and O–H groups in total. The number of benzene rings is 3. The maximum Gasteiger partial charge on any atom is 0.254 e. The molecule has 0 radical (unpaired) electrons. The lowest BCUT2D eigenvalue weighted by molar-refractivity contribution is -0.132. The smallest absolute Gasteiger partial charge is 0.254 e. The van der Waals surface area contributed by atoms with Gasteiger partial charge in [-0.2, -0.15) is 0 Å². The Bertz CT molecular complexity index is 1440. The number of hydrogen-bond acceptors (Lipinski definition) is 2. The molecule has 0 spiro atoms. The number of rotatable bonds is 10. The quantitative estimate of drug-likeness (QED) is 0.230. The second-order valence-electron chi connectivity index (χ2n) is 9.76. The Kier molecular flexibility index (Phi) is 9.08. The summed E-state index contributed by atoms with van der Waals surface area (Å²) in [6, 6.07) is 18.9. The van der Waals surface area contributed by atoms with Crippen LogP contribution in [-0.2, 0) is 17.8 Å². The van der Waals surface area contributed by atoms with Gasteiger partial charge in [-0.1, -0.05) is 67.4 Å². The van der Waals surface area contributed by atoms with E-state index in [4.69, 9.17) is 23.2 Å². The standard InChI is InChI=1S/C30H30Cl2FN3O2/c1-20(2)17-36(30(38)22-6-5-7-24(33)15-22)19-29(37)35(18-21-10-11-26(31)27(32)14-21)13-12-23-16-34-28-9-4-3-8-25(23)28/h3-11,14-16,20,34H,12-13,17-19H2,1-2H3. The van der Waals surface area contributed by atoms with Gasteiger partial charge in [0.05, 0.1) is 10.0 Å². The number of para-hydroxylation sites is 1. The topological polar surface area (TPSA) is 56.4 Å². The molecule has 0 bridgehead atoms. The fraction of sp³-hybridized carbons (Fsp3) is 0.267. The van der Waals surface area contributed by atoms with Gasteiger partial charge in [0, 0.05) is 42.3 Å². The fourth-order valence-corrected chi connectivity index (χ4v) is 4.79. The van der Waals surface area contributed by atoms with Crippen molar-refractivity contribution in [3.05, 3.63) is 105 Å². The summed E-state index contributed by atoms with van der Waals surface area (Å²) in [7, 11) is 0. The number of amides is 2. The second-order valence-corrected chi connectivity index (χ2v) is 10.6. The molecule has 1 heterocycles. The van der Waals surface area contributed by atoms with E-state index in [9.17, 15) is 14.0 Å². The van der Waals surface area contributed by atoms with Gasteiger partial charge in [-0.05, 0) is 59.9 Å². The first-order chi connectivity index (χ1) is 18.2. The van der Waals surface area contributed by atoms with E-state index in [1.54, 1.807) is 23.1 Å². The summed E-state index contributed by atoms with van der Waals surface area (Å²) in [6.45, 7) is 4.93. The van der Waals surface area contributed by atoms with Crippen molar-refractivity contribution >= 4 is 45.9 Å². The monoisotopic (exact) mass is 553 g/mol. The average molecular weight is 554 g/mol. The van der Waals surface area contributed by atoms with Gasteiger partial charge in [0.25, 0.3) is 5.91 Å². The minimum atomic E-state index is -0.494. The molecule has 0 saturated heterocycles. The number of carbonyl (C=O) groups excluding carboxylic acids is 2. The first-order valence-corrected chi connectivity index (χ1v) is 13.3. The normalized spacial score (nSPS) is 11.2. The molecule has 0 saturated carbocycles. The van der Waals surface area contributed by atoms with Crippen LogP contribution in [0, 0.1) is 11.7 Å². The molecular weight excluding hydrogens is 524 g/mol. The lowest BCUT2D eigenvalue weighted by Gasteiger charge is -2.29. The number of nitrogens with zero attached hydrogens (tertiary/aromatic N) is 2. The van der Waals surface area contributed by atoms with E-state index in [2.05, 4.69) is 4.98 Å². The van der Waals surface area contributed by atoms with Crippen LogP contribution in [0.1, 0.15) is 35.3 Å². The van der Waals surface area contributed by atoms with Crippen molar-refractivity contribution in [2.45, 2.75) is 26.8 Å². The van der Waals surface area contributed by atoms with Crippen LogP contribution < -0.4 is 0 Å². The lowest BCUT2D eigenvalue weighted by atomic mass is 10.1. The summed E-state index contributed by atoms with van der Waals surface area (Å²) >= 11 is 12.3. The Labute approximate surface area is 232 Å². The maximum absolute atomic E-state index is 13.8. The van der Waals surface area contributed by atoms with Crippen LogP contribution in [0.3, 0.4) is 0 Å². The summed E-state index contributed by atoms with van der Waals surface area (Å²) in [4.78, 5) is 33.5. The molecule has 0 fully saturated rings. The van der Waals surface area contributed by atoms with E-state index >= 15 is 0 Å². The molecule has 3 aromatic carbocycles. The third-order valence-corrected chi connectivity index (χ3v) is 7.05. The Balaban J connectivity index is 1.57. The summed E-state index contributed by atoms with van der Waals surface area (Å²) in [5.74, 6) is -0.958. The Hall–Kier alpha value is -3.35. The largest absolute Gasteiger partial charge is 0.361 e. The molecule has 8 heteroatoms. The lowest BCUT2D eigenvalue weighted by Crippen LogP contribution is -2.44. The Morgan fingerprint density at radius 2 is 1.74 bits per heavy atom. The highest BCUT2D eigenvalue weighted by Gasteiger charge is 2.24. The molecule has 198 valence electrons. The number of aromatic nitrogens is 1. The maximum atomic E-state index is 13.8. The van der Waals surface area contributed by atoms with Crippen LogP contribution in [0.15, 0.2) is 72.9 Å². The molecule has 5 nitrogen and oxygen atoms in total. The summed E-state index contributed by atoms with van der Waals surface area (Å²) in [6.07, 6.45) is 2.59. The van der Waals surface area contributed by atoms with Crippen LogP contribution >= 0.6 is 23.2 Å². The average Bonchev–Trinajstić information content (AvgIpc) is 3.30. The third kappa shape index (κ3) is 6.94. The summed E-state index contributed by atoms with van der Waals surface area (Å²) in [5, 5.41) is 1.96. The Morgan fingerprint density at radius 3 is 2.47 bits per heavy atom. The van der Waals surface area contributed by atoms with Crippen LogP contribution in [0.25, 0.3) is 10.9 Å². The summed E-state index contributed by atoms with van der Waals surface area (Å²) < 4.78 is 13.8. The van der Waals surface area contributed by atoms with Crippen molar-refractivity contribution in [3.8, 4) is 0 Å². The van der Waals surface area contributed by atoms with E-state index in [0.717, 1.165) is 22.0 Å². The molecule has 1 aromatic heterocycles. The van der Waals surface area contributed by atoms with Crippen molar-refractivity contribution < 1.29 is 14.0 Å². The number of carbonyl (C=O) groups is 2. The third-order valence-electron chi connectivity index (χ3n) is 6.31. The van der Waals surface area contributed by atoms with Gasteiger partial charge in [0.2, 0.25) is 5.91 Å². The molecule has 2 amide bonds. The van der Waals surface area contributed by atoms with Gasteiger partial charge in [-0.25, -0.2) is 4.39 Å². The van der Waals surface area contributed by atoms with Crippen LogP contribution in [0.4, 0.5) is 4.39 Å². The van der Waals surface area contributed by atoms with Gasteiger partial charge in [0.15, 0.2) is 0 Å². The number of fused-ring (bicyclic) bond motifs is 1. The number of nitrogens with one attached hydrogen (secondary N) is 1. The van der Waals surface area contributed by atoms with Crippen molar-refractivity contribution in [1.82, 2.24) is 14.8 Å².